The van der Waals surface area contributed by atoms with Gasteiger partial charge in [0.25, 0.3) is 11.8 Å². The third-order valence-corrected chi connectivity index (χ3v) is 9.44. The number of nitrogens with one attached hydrogen (secondary N) is 1. The van der Waals surface area contributed by atoms with Crippen molar-refractivity contribution in [2.45, 2.75) is 20.9 Å². The summed E-state index contributed by atoms with van der Waals surface area (Å²) in [5, 5.41) is 16.3. The van der Waals surface area contributed by atoms with E-state index < -0.39 is 29.2 Å². The van der Waals surface area contributed by atoms with Crippen LogP contribution in [-0.2, 0) is 19.2 Å². The number of thioether (sulfide) groups is 3. The first kappa shape index (κ1) is 26.4. The average Bonchev–Trinajstić information content (AvgIpc) is 3.50. The molecule has 0 spiro atoms. The van der Waals surface area contributed by atoms with E-state index in [0.717, 1.165) is 11.5 Å². The second kappa shape index (κ2) is 11.6. The second-order valence-corrected chi connectivity index (χ2v) is 11.8. The molecule has 0 radical (unpaired) electrons. The zero-order chi connectivity index (χ0) is 25.8. The normalized spacial score (nSPS) is 19.5. The fourth-order valence-corrected chi connectivity index (χ4v) is 7.49. The van der Waals surface area contributed by atoms with Crippen molar-refractivity contribution >= 4 is 87.0 Å². The molecule has 2 aliphatic heterocycles. The third-order valence-electron chi connectivity index (χ3n) is 4.68. The molecule has 1 saturated heterocycles. The summed E-state index contributed by atoms with van der Waals surface area (Å²) in [6.07, 6.45) is 1.76. The van der Waals surface area contributed by atoms with Crippen LogP contribution in [0.25, 0.3) is 0 Å². The number of carboxylic acid groups (broad SMARTS) is 1. The van der Waals surface area contributed by atoms with Gasteiger partial charge < -0.3 is 21.0 Å². The Labute approximate surface area is 225 Å². The summed E-state index contributed by atoms with van der Waals surface area (Å²) in [4.78, 5) is 52.1. The first-order valence-corrected chi connectivity index (χ1v) is 14.5. The molecule has 18 heteroatoms. The summed E-state index contributed by atoms with van der Waals surface area (Å²) in [5.41, 5.74) is 5.85. The van der Waals surface area contributed by atoms with E-state index in [9.17, 15) is 19.5 Å². The first-order valence-electron chi connectivity index (χ1n) is 9.95. The van der Waals surface area contributed by atoms with Crippen molar-refractivity contribution in [3.05, 3.63) is 29.7 Å². The van der Waals surface area contributed by atoms with Gasteiger partial charge in [-0.3, -0.25) is 14.5 Å². The number of nitrogens with zero attached hydrogens (tertiary/aromatic N) is 6. The first-order chi connectivity index (χ1) is 17.3. The number of hydrogen-bond acceptors (Lipinski definition) is 15. The van der Waals surface area contributed by atoms with Gasteiger partial charge in [-0.25, -0.2) is 9.78 Å². The monoisotopic (exact) mass is 586 g/mol. The van der Waals surface area contributed by atoms with Gasteiger partial charge in [-0.2, -0.15) is 13.7 Å². The molecule has 2 aromatic rings. The van der Waals surface area contributed by atoms with Gasteiger partial charge in [0, 0.05) is 28.8 Å². The summed E-state index contributed by atoms with van der Waals surface area (Å²) < 4.78 is 8.91. The zero-order valence-electron chi connectivity index (χ0n) is 18.4. The van der Waals surface area contributed by atoms with Gasteiger partial charge in [0.05, 0.1) is 0 Å². The predicted octanol–water partition coefficient (Wildman–Crippen LogP) is 1.13. The van der Waals surface area contributed by atoms with E-state index in [2.05, 4.69) is 35.8 Å². The van der Waals surface area contributed by atoms with Crippen molar-refractivity contribution < 1.29 is 24.3 Å². The van der Waals surface area contributed by atoms with Gasteiger partial charge >= 0.3 is 5.97 Å². The van der Waals surface area contributed by atoms with Gasteiger partial charge in [0.1, 0.15) is 24.2 Å². The van der Waals surface area contributed by atoms with Gasteiger partial charge in [-0.1, -0.05) is 34.8 Å². The SMILES string of the molecule is C=CCSc1nsc(SCC2=C(C(=O)O)N3C(=O)C(NC(=O)/C(=N/OC)c4nsc(N)n4)[C@H]3SC2)n1. The van der Waals surface area contributed by atoms with E-state index in [0.29, 0.717) is 32.3 Å². The standard InChI is InChI=1S/C18H18N8O5S5/c1-3-4-32-17-22-18(36-25-17)34-6-7-5-33-14-9(13(28)26(14)10(7)15(29)30)20-12(27)8(23-31-2)11-21-16(19)35-24-11/h3,9,14H,1,4-6H2,2H3,(H,20,27)(H,29,30)(H2,19,21,24)/b23-8+/t9?,14-/m1/s1. The van der Waals surface area contributed by atoms with Crippen LogP contribution in [0.3, 0.4) is 0 Å². The zero-order valence-corrected chi connectivity index (χ0v) is 22.5. The smallest absolute Gasteiger partial charge is 0.352 e. The quantitative estimate of drug-likeness (QED) is 0.112. The van der Waals surface area contributed by atoms with Crippen LogP contribution < -0.4 is 11.1 Å². The maximum Gasteiger partial charge on any atom is 0.352 e. The van der Waals surface area contributed by atoms with Crippen LogP contribution in [0.5, 0.6) is 0 Å². The van der Waals surface area contributed by atoms with E-state index in [-0.39, 0.29) is 22.4 Å². The minimum atomic E-state index is -1.21. The lowest BCUT2D eigenvalue weighted by atomic mass is 10.0. The van der Waals surface area contributed by atoms with Crippen molar-refractivity contribution in [3.8, 4) is 0 Å². The summed E-state index contributed by atoms with van der Waals surface area (Å²) in [6, 6.07) is -0.948. The van der Waals surface area contributed by atoms with E-state index >= 15 is 0 Å². The fraction of sp³-hybridized carbons (Fsp3) is 0.333. The van der Waals surface area contributed by atoms with Crippen LogP contribution in [-0.4, -0.2) is 88.0 Å². The number of carbonyl (C=O) groups excluding carboxylic acids is 2. The Morgan fingerprint density at radius 3 is 2.83 bits per heavy atom. The molecule has 2 atom stereocenters. The van der Waals surface area contributed by atoms with E-state index in [1.54, 1.807) is 6.08 Å². The number of anilines is 1. The molecule has 4 rings (SSSR count). The molecule has 0 saturated carbocycles. The van der Waals surface area contributed by atoms with Crippen LogP contribution in [0.15, 0.2) is 38.6 Å². The number of nitrogen functional groups attached to an aromatic ring is 1. The summed E-state index contributed by atoms with van der Waals surface area (Å²) >= 11 is 6.29. The number of carboxylic acids is 1. The molecule has 0 bridgehead atoms. The van der Waals surface area contributed by atoms with E-state index in [4.69, 9.17) is 10.6 Å². The van der Waals surface area contributed by atoms with Gasteiger partial charge in [0.2, 0.25) is 16.7 Å². The Morgan fingerprint density at radius 1 is 1.36 bits per heavy atom. The number of aromatic nitrogens is 4. The lowest BCUT2D eigenvalue weighted by molar-refractivity contribution is -0.150. The largest absolute Gasteiger partial charge is 0.477 e. The number of β-lactam (4-membered cyclic amide) rings is 1. The molecule has 4 heterocycles. The van der Waals surface area contributed by atoms with E-state index in [1.807, 2.05) is 0 Å². The van der Waals surface area contributed by atoms with Gasteiger partial charge in [-0.15, -0.1) is 18.3 Å². The maximum atomic E-state index is 12.9. The minimum absolute atomic E-state index is 0.0371. The van der Waals surface area contributed by atoms with Crippen LogP contribution >= 0.6 is 58.4 Å². The van der Waals surface area contributed by atoms with Crippen LogP contribution in [0.2, 0.25) is 0 Å². The second-order valence-electron chi connectivity index (χ2n) is 6.93. The molecule has 0 aromatic carbocycles. The number of rotatable bonds is 11. The molecule has 1 unspecified atom stereocenters. The maximum absolute atomic E-state index is 12.9. The molecule has 36 heavy (non-hydrogen) atoms. The highest BCUT2D eigenvalue weighted by molar-refractivity contribution is 8.02. The Balaban J connectivity index is 1.45. The Hall–Kier alpha value is -2.67. The lowest BCUT2D eigenvalue weighted by Crippen LogP contribution is -2.71. The van der Waals surface area contributed by atoms with Crippen LogP contribution in [0.4, 0.5) is 5.13 Å². The van der Waals surface area contributed by atoms with Crippen molar-refractivity contribution in [1.82, 2.24) is 28.9 Å². The number of amides is 2. The molecular weight excluding hydrogens is 569 g/mol. The number of carbonyl (C=O) groups is 3. The molecule has 2 aliphatic rings. The highest BCUT2D eigenvalue weighted by Gasteiger charge is 2.54. The predicted molar refractivity (Wildman–Crippen MR) is 139 cm³/mol. The number of hydrogen-bond donors (Lipinski definition) is 3. The molecular formula is C18H18N8O5S5. The number of fused-ring (bicyclic) bond motifs is 1. The van der Waals surface area contributed by atoms with Crippen molar-refractivity contribution in [1.29, 1.82) is 0 Å². The summed E-state index contributed by atoms with van der Waals surface area (Å²) in [5.74, 6) is -1.13. The van der Waals surface area contributed by atoms with Crippen LogP contribution in [0.1, 0.15) is 5.82 Å². The highest BCUT2D eigenvalue weighted by Crippen LogP contribution is 2.41. The van der Waals surface area contributed by atoms with Crippen molar-refractivity contribution in [3.63, 3.8) is 0 Å². The number of oxime groups is 1. The Morgan fingerprint density at radius 2 is 2.17 bits per heavy atom. The van der Waals surface area contributed by atoms with Gasteiger partial charge in [0.15, 0.2) is 9.47 Å². The van der Waals surface area contributed by atoms with Crippen molar-refractivity contribution in [2.75, 3.05) is 30.1 Å². The third kappa shape index (κ3) is 5.51. The Kier molecular flexibility index (Phi) is 8.50. The molecule has 13 nitrogen and oxygen atoms in total. The summed E-state index contributed by atoms with van der Waals surface area (Å²) in [6.45, 7) is 3.66. The molecule has 190 valence electrons. The molecule has 4 N–H and O–H groups in total. The topological polar surface area (TPSA) is 186 Å². The Bertz CT molecular complexity index is 1260. The molecule has 0 aliphatic carbocycles. The molecule has 2 amide bonds. The summed E-state index contributed by atoms with van der Waals surface area (Å²) in [7, 11) is 1.25. The van der Waals surface area contributed by atoms with Crippen LogP contribution in [0, 0.1) is 0 Å². The lowest BCUT2D eigenvalue weighted by Gasteiger charge is -2.49. The van der Waals surface area contributed by atoms with E-state index in [1.165, 1.54) is 58.8 Å². The number of aliphatic carboxylic acids is 1. The molecule has 1 fully saturated rings. The average molecular weight is 587 g/mol. The highest BCUT2D eigenvalue weighted by atomic mass is 32.2. The fourth-order valence-electron chi connectivity index (χ4n) is 3.21. The minimum Gasteiger partial charge on any atom is -0.477 e. The van der Waals surface area contributed by atoms with Crippen molar-refractivity contribution in [2.24, 2.45) is 5.16 Å². The van der Waals surface area contributed by atoms with Gasteiger partial charge in [-0.05, 0) is 17.1 Å². The number of nitrogens with two attached hydrogens (primary N) is 1. The molecule has 2 aromatic heterocycles.